The van der Waals surface area contributed by atoms with E-state index in [1.54, 1.807) is 6.92 Å². The van der Waals surface area contributed by atoms with Crippen molar-refractivity contribution in [3.8, 4) is 0 Å². The molecule has 5 nitrogen and oxygen atoms in total. The van der Waals surface area contributed by atoms with Gasteiger partial charge in [0.15, 0.2) is 0 Å². The number of rotatable bonds is 5. The fourth-order valence-corrected chi connectivity index (χ4v) is 3.67. The third-order valence-electron chi connectivity index (χ3n) is 4.81. The van der Waals surface area contributed by atoms with Gasteiger partial charge in [-0.2, -0.15) is 0 Å². The summed E-state index contributed by atoms with van der Waals surface area (Å²) in [5.41, 5.74) is 2.59. The lowest BCUT2D eigenvalue weighted by molar-refractivity contribution is -0.131. The molecule has 0 bridgehead atoms. The molecule has 0 N–H and O–H groups in total. The molecule has 1 amide bonds. The Labute approximate surface area is 138 Å². The predicted octanol–water partition coefficient (Wildman–Crippen LogP) is 2.06. The Morgan fingerprint density at radius 2 is 2.22 bits per heavy atom. The van der Waals surface area contributed by atoms with E-state index in [-0.39, 0.29) is 11.9 Å². The lowest BCUT2D eigenvalue weighted by Crippen LogP contribution is -2.44. The number of fused-ring (bicyclic) bond motifs is 1. The Balaban J connectivity index is 1.78. The molecule has 126 valence electrons. The summed E-state index contributed by atoms with van der Waals surface area (Å²) in [6.07, 6.45) is 5.50. The van der Waals surface area contributed by atoms with Gasteiger partial charge < -0.3 is 14.2 Å². The highest BCUT2D eigenvalue weighted by atomic mass is 16.5. The van der Waals surface area contributed by atoms with Crippen LogP contribution in [-0.2, 0) is 16.1 Å². The number of amides is 1. The van der Waals surface area contributed by atoms with Gasteiger partial charge in [-0.15, -0.1) is 0 Å². The molecule has 0 aliphatic carbocycles. The smallest absolute Gasteiger partial charge is 0.220 e. The lowest BCUT2D eigenvalue weighted by Gasteiger charge is -2.40. The normalized spacial score (nSPS) is 21.9. The molecule has 0 spiro atoms. The first-order valence-electron chi connectivity index (χ1n) is 8.62. The zero-order valence-electron chi connectivity index (χ0n) is 14.2. The summed E-state index contributed by atoms with van der Waals surface area (Å²) in [7, 11) is 0. The summed E-state index contributed by atoms with van der Waals surface area (Å²) in [6.45, 7) is 9.89. The third-order valence-corrected chi connectivity index (χ3v) is 4.81. The average molecular weight is 317 g/mol. The summed E-state index contributed by atoms with van der Waals surface area (Å²) < 4.78 is 7.77. The van der Waals surface area contributed by atoms with Gasteiger partial charge in [-0.3, -0.25) is 9.69 Å². The topological polar surface area (TPSA) is 37.7 Å². The minimum Gasteiger partial charge on any atom is -0.380 e. The van der Waals surface area contributed by atoms with Gasteiger partial charge in [-0.1, -0.05) is 6.08 Å². The van der Waals surface area contributed by atoms with Crippen molar-refractivity contribution in [3.63, 3.8) is 0 Å². The molecule has 2 aliphatic rings. The SMILES string of the molecule is CCOCCN1CCC=C([C@H]2c3cccn3CCN2C(C)=O)C1. The number of carbonyl (C=O) groups is 1. The van der Waals surface area contributed by atoms with Crippen LogP contribution < -0.4 is 0 Å². The van der Waals surface area contributed by atoms with E-state index in [1.807, 2.05) is 11.8 Å². The fraction of sp³-hybridized carbons (Fsp3) is 0.611. The Morgan fingerprint density at radius 3 is 3.00 bits per heavy atom. The van der Waals surface area contributed by atoms with E-state index in [0.29, 0.717) is 0 Å². The van der Waals surface area contributed by atoms with Gasteiger partial charge in [-0.05, 0) is 31.1 Å². The maximum atomic E-state index is 12.1. The molecule has 23 heavy (non-hydrogen) atoms. The first-order chi connectivity index (χ1) is 11.2. The highest BCUT2D eigenvalue weighted by Crippen LogP contribution is 2.34. The minimum absolute atomic E-state index is 0.0890. The molecule has 1 aromatic heterocycles. The number of aromatic nitrogens is 1. The average Bonchev–Trinajstić information content (AvgIpc) is 3.03. The van der Waals surface area contributed by atoms with E-state index in [4.69, 9.17) is 4.74 Å². The van der Waals surface area contributed by atoms with Crippen molar-refractivity contribution < 1.29 is 9.53 Å². The standard InChI is InChI=1S/C18H27N3O2/c1-3-23-13-12-19-8-4-6-16(14-19)18-17-7-5-9-20(17)10-11-21(18)15(2)22/h5-7,9,18H,3-4,8,10-14H2,1-2H3/t18-/m0/s1. The Kier molecular flexibility index (Phi) is 5.18. The van der Waals surface area contributed by atoms with Crippen LogP contribution in [0.1, 0.15) is 32.0 Å². The van der Waals surface area contributed by atoms with E-state index in [2.05, 4.69) is 33.9 Å². The number of hydrogen-bond donors (Lipinski definition) is 0. The first kappa shape index (κ1) is 16.3. The van der Waals surface area contributed by atoms with Crippen molar-refractivity contribution >= 4 is 5.91 Å². The van der Waals surface area contributed by atoms with Crippen LogP contribution in [0.4, 0.5) is 0 Å². The van der Waals surface area contributed by atoms with E-state index >= 15 is 0 Å². The van der Waals surface area contributed by atoms with Crippen molar-refractivity contribution in [2.24, 2.45) is 0 Å². The molecule has 1 aromatic rings. The van der Waals surface area contributed by atoms with Crippen LogP contribution in [0.15, 0.2) is 30.0 Å². The van der Waals surface area contributed by atoms with Gasteiger partial charge >= 0.3 is 0 Å². The summed E-state index contributed by atoms with van der Waals surface area (Å²) >= 11 is 0. The molecular weight excluding hydrogens is 290 g/mol. The van der Waals surface area contributed by atoms with Crippen molar-refractivity contribution in [1.29, 1.82) is 0 Å². The van der Waals surface area contributed by atoms with Crippen LogP contribution in [-0.4, -0.2) is 59.7 Å². The molecule has 5 heteroatoms. The predicted molar refractivity (Wildman–Crippen MR) is 90.2 cm³/mol. The molecule has 0 saturated heterocycles. The third kappa shape index (κ3) is 3.51. The zero-order valence-corrected chi connectivity index (χ0v) is 14.2. The second-order valence-corrected chi connectivity index (χ2v) is 6.28. The molecule has 1 atom stereocenters. The summed E-state index contributed by atoms with van der Waals surface area (Å²) in [5, 5.41) is 0. The maximum Gasteiger partial charge on any atom is 0.220 e. The highest BCUT2D eigenvalue weighted by Gasteiger charge is 2.33. The van der Waals surface area contributed by atoms with Gasteiger partial charge in [-0.25, -0.2) is 0 Å². The van der Waals surface area contributed by atoms with E-state index in [1.165, 1.54) is 11.3 Å². The van der Waals surface area contributed by atoms with Crippen LogP contribution in [0.3, 0.4) is 0 Å². The highest BCUT2D eigenvalue weighted by molar-refractivity contribution is 5.74. The van der Waals surface area contributed by atoms with Crippen LogP contribution in [0.5, 0.6) is 0 Å². The fourth-order valence-electron chi connectivity index (χ4n) is 3.67. The molecule has 2 aliphatic heterocycles. The van der Waals surface area contributed by atoms with Gasteiger partial charge in [0.25, 0.3) is 0 Å². The van der Waals surface area contributed by atoms with Gasteiger partial charge in [0.2, 0.25) is 5.91 Å². The second kappa shape index (κ2) is 7.32. The Morgan fingerprint density at radius 1 is 1.35 bits per heavy atom. The van der Waals surface area contributed by atoms with Crippen LogP contribution in [0, 0.1) is 0 Å². The largest absolute Gasteiger partial charge is 0.380 e. The number of hydrogen-bond acceptors (Lipinski definition) is 3. The van der Waals surface area contributed by atoms with Crippen LogP contribution in [0.2, 0.25) is 0 Å². The second-order valence-electron chi connectivity index (χ2n) is 6.28. The summed E-state index contributed by atoms with van der Waals surface area (Å²) in [5.74, 6) is 0.162. The molecular formula is C18H27N3O2. The monoisotopic (exact) mass is 317 g/mol. The molecule has 0 unspecified atom stereocenters. The molecule has 3 heterocycles. The molecule has 0 radical (unpaired) electrons. The number of ether oxygens (including phenoxy) is 1. The van der Waals surface area contributed by atoms with Gasteiger partial charge in [0.1, 0.15) is 0 Å². The molecule has 0 saturated carbocycles. The summed E-state index contributed by atoms with van der Waals surface area (Å²) in [4.78, 5) is 16.6. The van der Waals surface area contributed by atoms with Crippen LogP contribution >= 0.6 is 0 Å². The lowest BCUT2D eigenvalue weighted by atomic mass is 9.96. The number of carbonyl (C=O) groups excluding carboxylic acids is 1. The van der Waals surface area contributed by atoms with Crippen molar-refractivity contribution in [2.75, 3.05) is 39.4 Å². The van der Waals surface area contributed by atoms with E-state index < -0.39 is 0 Å². The zero-order chi connectivity index (χ0) is 16.2. The van der Waals surface area contributed by atoms with Crippen molar-refractivity contribution in [1.82, 2.24) is 14.4 Å². The summed E-state index contributed by atoms with van der Waals surface area (Å²) in [6, 6.07) is 4.33. The Hall–Kier alpha value is -1.59. The number of nitrogens with zero attached hydrogens (tertiary/aromatic N) is 3. The van der Waals surface area contributed by atoms with Gasteiger partial charge in [0.05, 0.1) is 12.6 Å². The Bertz CT molecular complexity index is 579. The van der Waals surface area contributed by atoms with Crippen molar-refractivity contribution in [3.05, 3.63) is 35.7 Å². The maximum absolute atomic E-state index is 12.1. The minimum atomic E-state index is 0.0890. The van der Waals surface area contributed by atoms with Gasteiger partial charge in [0, 0.05) is 58.1 Å². The van der Waals surface area contributed by atoms with Crippen molar-refractivity contribution in [2.45, 2.75) is 32.9 Å². The molecule has 3 rings (SSSR count). The van der Waals surface area contributed by atoms with E-state index in [9.17, 15) is 4.79 Å². The first-order valence-corrected chi connectivity index (χ1v) is 8.62. The quantitative estimate of drug-likeness (QED) is 0.616. The van der Waals surface area contributed by atoms with E-state index in [0.717, 1.165) is 52.4 Å². The molecule has 0 fully saturated rings. The van der Waals surface area contributed by atoms with Crippen LogP contribution in [0.25, 0.3) is 0 Å². The molecule has 0 aromatic carbocycles.